The maximum Gasteiger partial charge on any atom is 0.417 e. The van der Waals surface area contributed by atoms with Crippen molar-refractivity contribution in [1.82, 2.24) is 14.5 Å². The van der Waals surface area contributed by atoms with Crippen LogP contribution in [0.3, 0.4) is 0 Å². The Labute approximate surface area is 195 Å². The van der Waals surface area contributed by atoms with Gasteiger partial charge in [0.05, 0.1) is 33.3 Å². The Morgan fingerprint density at radius 2 is 1.74 bits per heavy atom. The number of pyridine rings is 2. The zero-order chi connectivity index (χ0) is 24.3. The van der Waals surface area contributed by atoms with Gasteiger partial charge in [-0.2, -0.15) is 13.2 Å². The number of hydrogen-bond donors (Lipinski definition) is 0. The Morgan fingerprint density at radius 1 is 1.03 bits per heavy atom. The number of rotatable bonds is 5. The Morgan fingerprint density at radius 3 is 2.35 bits per heavy atom. The SMILES string of the molecule is CCS(=O)(=O)c1cc(-c2ccc(C3CC3)cc2)cnc1-c1cc2n(C)cc(C(F)(F)F)cc-2n1. The van der Waals surface area contributed by atoms with E-state index in [9.17, 15) is 21.6 Å². The molecule has 176 valence electrons. The van der Waals surface area contributed by atoms with Gasteiger partial charge in [0.1, 0.15) is 5.69 Å². The summed E-state index contributed by atoms with van der Waals surface area (Å²) >= 11 is 0. The molecule has 0 bridgehead atoms. The molecule has 5 rings (SSSR count). The predicted molar refractivity (Wildman–Crippen MR) is 123 cm³/mol. The van der Waals surface area contributed by atoms with Gasteiger partial charge in [0.2, 0.25) is 0 Å². The van der Waals surface area contributed by atoms with Crippen LogP contribution >= 0.6 is 0 Å². The molecule has 1 saturated carbocycles. The van der Waals surface area contributed by atoms with Gasteiger partial charge < -0.3 is 4.57 Å². The number of alkyl halides is 3. The largest absolute Gasteiger partial charge is 0.417 e. The summed E-state index contributed by atoms with van der Waals surface area (Å²) in [5.41, 5.74) is 2.85. The molecule has 0 spiro atoms. The zero-order valence-electron chi connectivity index (χ0n) is 18.6. The minimum atomic E-state index is -4.52. The van der Waals surface area contributed by atoms with Crippen molar-refractivity contribution in [3.8, 4) is 33.9 Å². The summed E-state index contributed by atoms with van der Waals surface area (Å²) in [6.07, 6.45) is 0.433. The van der Waals surface area contributed by atoms with Gasteiger partial charge in [0.15, 0.2) is 9.84 Å². The molecule has 5 nitrogen and oxygen atoms in total. The third-order valence-corrected chi connectivity index (χ3v) is 7.95. The van der Waals surface area contributed by atoms with Gasteiger partial charge in [0, 0.05) is 25.0 Å². The fourth-order valence-corrected chi connectivity index (χ4v) is 5.17. The smallest absolute Gasteiger partial charge is 0.349 e. The fraction of sp³-hybridized carbons (Fsp3) is 0.280. The van der Waals surface area contributed by atoms with Crippen molar-refractivity contribution in [2.24, 2.45) is 7.05 Å². The van der Waals surface area contributed by atoms with Crippen molar-refractivity contribution in [2.45, 2.75) is 36.8 Å². The third-order valence-electron chi connectivity index (χ3n) is 6.21. The number of aryl methyl sites for hydroxylation is 1. The average molecular weight is 486 g/mol. The highest BCUT2D eigenvalue weighted by Gasteiger charge is 2.33. The Bertz CT molecular complexity index is 1450. The highest BCUT2D eigenvalue weighted by atomic mass is 32.2. The summed E-state index contributed by atoms with van der Waals surface area (Å²) in [6.45, 7) is 1.54. The lowest BCUT2D eigenvalue weighted by atomic mass is 10.0. The molecule has 34 heavy (non-hydrogen) atoms. The molecule has 1 aliphatic carbocycles. The van der Waals surface area contributed by atoms with Crippen LogP contribution in [0.25, 0.3) is 33.9 Å². The monoisotopic (exact) mass is 485 g/mol. The number of halogens is 3. The quantitative estimate of drug-likeness (QED) is 0.351. The summed E-state index contributed by atoms with van der Waals surface area (Å²) < 4.78 is 67.0. The number of fused-ring (bicyclic) bond motifs is 1. The van der Waals surface area contributed by atoms with Gasteiger partial charge in [-0.3, -0.25) is 4.98 Å². The molecule has 3 heterocycles. The van der Waals surface area contributed by atoms with E-state index >= 15 is 0 Å². The number of hydrogen-bond acceptors (Lipinski definition) is 4. The fourth-order valence-electron chi connectivity index (χ4n) is 4.10. The minimum absolute atomic E-state index is 0.0141. The zero-order valence-corrected chi connectivity index (χ0v) is 19.4. The second-order valence-corrected chi connectivity index (χ2v) is 10.9. The lowest BCUT2D eigenvalue weighted by Crippen LogP contribution is -2.09. The Balaban J connectivity index is 1.63. The molecule has 0 saturated heterocycles. The lowest BCUT2D eigenvalue weighted by molar-refractivity contribution is -0.138. The molecular weight excluding hydrogens is 463 g/mol. The number of sulfone groups is 1. The van der Waals surface area contributed by atoms with E-state index < -0.39 is 21.6 Å². The molecule has 0 amide bonds. The number of nitrogens with zero attached hydrogens (tertiary/aromatic N) is 3. The van der Waals surface area contributed by atoms with Gasteiger partial charge in [-0.05, 0) is 48.1 Å². The van der Waals surface area contributed by atoms with Crippen LogP contribution in [0.1, 0.15) is 36.8 Å². The molecular formula is C25H22F3N3O2S. The van der Waals surface area contributed by atoms with Gasteiger partial charge in [-0.1, -0.05) is 31.2 Å². The molecule has 2 aliphatic heterocycles. The normalized spacial score (nSPS) is 14.6. The molecule has 0 atom stereocenters. The molecule has 1 aromatic carbocycles. The van der Waals surface area contributed by atoms with Gasteiger partial charge >= 0.3 is 6.18 Å². The summed E-state index contributed by atoms with van der Waals surface area (Å²) in [4.78, 5) is 8.77. The maximum atomic E-state index is 13.2. The van der Waals surface area contributed by atoms with E-state index in [4.69, 9.17) is 0 Å². The first-order valence-corrected chi connectivity index (χ1v) is 12.6. The first-order chi connectivity index (χ1) is 16.1. The van der Waals surface area contributed by atoms with Crippen LogP contribution in [0.4, 0.5) is 13.2 Å². The first kappa shape index (κ1) is 22.6. The van der Waals surface area contributed by atoms with E-state index in [0.29, 0.717) is 17.2 Å². The van der Waals surface area contributed by atoms with Crippen molar-refractivity contribution in [3.63, 3.8) is 0 Å². The molecule has 0 unspecified atom stereocenters. The summed E-state index contributed by atoms with van der Waals surface area (Å²) in [7, 11) is -2.19. The molecule has 9 heteroatoms. The molecule has 3 aliphatic rings. The minimum Gasteiger partial charge on any atom is -0.349 e. The van der Waals surface area contributed by atoms with Crippen molar-refractivity contribution in [2.75, 3.05) is 5.75 Å². The summed E-state index contributed by atoms with van der Waals surface area (Å²) in [6, 6.07) is 12.1. The summed E-state index contributed by atoms with van der Waals surface area (Å²) in [5.74, 6) is 0.472. The molecule has 2 aromatic rings. The van der Waals surface area contributed by atoms with E-state index in [-0.39, 0.29) is 27.7 Å². The highest BCUT2D eigenvalue weighted by Crippen LogP contribution is 2.41. The van der Waals surface area contributed by atoms with E-state index in [1.54, 1.807) is 25.3 Å². The molecule has 1 fully saturated rings. The maximum absolute atomic E-state index is 13.2. The summed E-state index contributed by atoms with van der Waals surface area (Å²) in [5, 5.41) is 0. The topological polar surface area (TPSA) is 64.8 Å². The predicted octanol–water partition coefficient (Wildman–Crippen LogP) is 5.94. The van der Waals surface area contributed by atoms with E-state index in [1.807, 2.05) is 12.1 Å². The van der Waals surface area contributed by atoms with Crippen LogP contribution in [0.5, 0.6) is 0 Å². The van der Waals surface area contributed by atoms with Gasteiger partial charge in [-0.15, -0.1) is 0 Å². The lowest BCUT2D eigenvalue weighted by Gasteiger charge is -2.12. The first-order valence-electron chi connectivity index (χ1n) is 10.9. The van der Waals surface area contributed by atoms with E-state index in [0.717, 1.165) is 17.8 Å². The average Bonchev–Trinajstić information content (AvgIpc) is 3.56. The van der Waals surface area contributed by atoms with Crippen LogP contribution in [0, 0.1) is 0 Å². The van der Waals surface area contributed by atoms with Crippen LogP contribution in [0.15, 0.2) is 59.8 Å². The van der Waals surface area contributed by atoms with Crippen LogP contribution in [0.2, 0.25) is 0 Å². The third kappa shape index (κ3) is 4.09. The van der Waals surface area contributed by atoms with Crippen LogP contribution in [-0.2, 0) is 23.1 Å². The van der Waals surface area contributed by atoms with Crippen molar-refractivity contribution in [3.05, 3.63) is 66.0 Å². The molecule has 0 radical (unpaired) electrons. The number of benzene rings is 1. The van der Waals surface area contributed by atoms with E-state index in [1.165, 1.54) is 30.0 Å². The van der Waals surface area contributed by atoms with Crippen molar-refractivity contribution < 1.29 is 21.6 Å². The Kier molecular flexibility index (Phi) is 5.27. The van der Waals surface area contributed by atoms with Crippen molar-refractivity contribution in [1.29, 1.82) is 0 Å². The second-order valence-electron chi connectivity index (χ2n) is 8.62. The van der Waals surface area contributed by atoms with Crippen LogP contribution < -0.4 is 0 Å². The molecule has 1 aromatic heterocycles. The highest BCUT2D eigenvalue weighted by molar-refractivity contribution is 7.91. The standard InChI is InChI=1S/C25H22F3N3O2S/c1-3-34(32,33)23-10-18(17-8-6-16(7-9-17)15-4-5-15)13-29-24(23)21-12-22-20(30-21)11-19(14-31(22)2)25(26,27)28/h6-15H,3-5H2,1-2H3. The van der Waals surface area contributed by atoms with Crippen LogP contribution in [-0.4, -0.2) is 28.7 Å². The second kappa shape index (κ2) is 7.94. The number of aromatic nitrogens is 3. The molecule has 0 N–H and O–H groups in total. The van der Waals surface area contributed by atoms with Gasteiger partial charge in [-0.25, -0.2) is 13.4 Å². The Hall–Kier alpha value is -3.20. The van der Waals surface area contributed by atoms with Gasteiger partial charge in [0.25, 0.3) is 0 Å². The van der Waals surface area contributed by atoms with E-state index in [2.05, 4.69) is 22.1 Å². The van der Waals surface area contributed by atoms with Crippen molar-refractivity contribution >= 4 is 9.84 Å².